The van der Waals surface area contributed by atoms with Crippen molar-refractivity contribution in [2.24, 2.45) is 10.9 Å². The zero-order chi connectivity index (χ0) is 24.6. The van der Waals surface area contributed by atoms with Crippen LogP contribution in [0.2, 0.25) is 0 Å². The summed E-state index contributed by atoms with van der Waals surface area (Å²) in [4.78, 5) is 38.1. The van der Waals surface area contributed by atoms with Crippen LogP contribution in [0.15, 0.2) is 35.7 Å². The molecular formula is C24H28FN7O3. The molecule has 1 unspecified atom stereocenters. The van der Waals surface area contributed by atoms with Gasteiger partial charge in [0.15, 0.2) is 5.82 Å². The maximum Gasteiger partial charge on any atom is 0.272 e. The van der Waals surface area contributed by atoms with E-state index in [1.165, 1.54) is 13.2 Å². The van der Waals surface area contributed by atoms with Gasteiger partial charge in [0.25, 0.3) is 5.91 Å². The van der Waals surface area contributed by atoms with E-state index in [4.69, 9.17) is 4.74 Å². The number of rotatable bonds is 6. The molecule has 2 aromatic rings. The monoisotopic (exact) mass is 481 g/mol. The van der Waals surface area contributed by atoms with Gasteiger partial charge in [-0.05, 0) is 31.7 Å². The number of likely N-dealkylation sites (N-methyl/N-ethyl adjacent to an activating group) is 1. The number of likely N-dealkylation sites (tertiary alicyclic amines) is 1. The standard InChI is InChI=1S/C24H28FN7O3/c1-31-8-6-26-12-16(31)13-28-22(33)15-3-7-32(24(11-15)4-5-24)23(34)20-10-19(29-30-20)17-9-21(35-2)27-14-18(17)25/h6,8-10,12,14-16H,3-5,7,11,13H2,1-2H3,(H,28,33)(H,29,30)/t15-,16?/m0/s1. The third-order valence-electron chi connectivity index (χ3n) is 7.12. The lowest BCUT2D eigenvalue weighted by molar-refractivity contribution is -0.127. The zero-order valence-corrected chi connectivity index (χ0v) is 19.7. The van der Waals surface area contributed by atoms with E-state index in [0.717, 1.165) is 19.0 Å². The predicted octanol–water partition coefficient (Wildman–Crippen LogP) is 1.98. The number of piperidine rings is 1. The van der Waals surface area contributed by atoms with Crippen LogP contribution < -0.4 is 10.1 Å². The summed E-state index contributed by atoms with van der Waals surface area (Å²) in [5.74, 6) is -0.602. The third-order valence-corrected chi connectivity index (χ3v) is 7.12. The van der Waals surface area contributed by atoms with Crippen LogP contribution in [0.3, 0.4) is 0 Å². The minimum Gasteiger partial charge on any atom is -0.481 e. The van der Waals surface area contributed by atoms with Gasteiger partial charge in [-0.3, -0.25) is 19.7 Å². The van der Waals surface area contributed by atoms with Crippen LogP contribution >= 0.6 is 0 Å². The summed E-state index contributed by atoms with van der Waals surface area (Å²) in [5, 5.41) is 9.95. The number of H-pyrrole nitrogens is 1. The summed E-state index contributed by atoms with van der Waals surface area (Å²) < 4.78 is 19.4. The Kier molecular flexibility index (Phi) is 6.00. The van der Waals surface area contributed by atoms with Crippen LogP contribution in [0, 0.1) is 11.7 Å². The number of methoxy groups -OCH3 is 1. The van der Waals surface area contributed by atoms with Gasteiger partial charge in [-0.1, -0.05) is 0 Å². The summed E-state index contributed by atoms with van der Waals surface area (Å²) in [6.45, 7) is 0.971. The van der Waals surface area contributed by atoms with Gasteiger partial charge in [0.05, 0.1) is 25.0 Å². The quantitative estimate of drug-likeness (QED) is 0.652. The fourth-order valence-electron chi connectivity index (χ4n) is 4.85. The highest BCUT2D eigenvalue weighted by molar-refractivity contribution is 5.94. The number of aliphatic imine (C=N–C) groups is 1. The van der Waals surface area contributed by atoms with Gasteiger partial charge in [0.2, 0.25) is 11.8 Å². The molecule has 4 heterocycles. The van der Waals surface area contributed by atoms with Crippen molar-refractivity contribution >= 4 is 18.0 Å². The summed E-state index contributed by atoms with van der Waals surface area (Å²) in [5.41, 5.74) is 0.487. The van der Waals surface area contributed by atoms with E-state index in [9.17, 15) is 14.0 Å². The number of carbonyl (C=O) groups excluding carboxylic acids is 2. The van der Waals surface area contributed by atoms with Crippen molar-refractivity contribution in [2.75, 3.05) is 27.2 Å². The fourth-order valence-corrected chi connectivity index (χ4v) is 4.85. The van der Waals surface area contributed by atoms with Gasteiger partial charge >= 0.3 is 0 Å². The minimum atomic E-state index is -0.552. The highest BCUT2D eigenvalue weighted by Gasteiger charge is 2.54. The largest absolute Gasteiger partial charge is 0.481 e. The number of ether oxygens (including phenoxy) is 1. The Morgan fingerprint density at radius 3 is 2.91 bits per heavy atom. The topological polar surface area (TPSA) is 116 Å². The lowest BCUT2D eigenvalue weighted by Gasteiger charge is -2.39. The maximum atomic E-state index is 14.3. The van der Waals surface area contributed by atoms with Crippen molar-refractivity contribution in [3.63, 3.8) is 0 Å². The van der Waals surface area contributed by atoms with Crippen LogP contribution in [0.25, 0.3) is 11.3 Å². The van der Waals surface area contributed by atoms with E-state index in [1.807, 2.05) is 29.3 Å². The number of nitrogens with one attached hydrogen (secondary N) is 2. The Labute approximate surface area is 202 Å². The number of hydrogen-bond donors (Lipinski definition) is 2. The number of pyridine rings is 1. The number of amides is 2. The molecule has 1 spiro atoms. The molecule has 2 fully saturated rings. The molecule has 184 valence electrons. The average molecular weight is 482 g/mol. The van der Waals surface area contributed by atoms with E-state index in [0.29, 0.717) is 31.6 Å². The van der Waals surface area contributed by atoms with Crippen LogP contribution in [0.4, 0.5) is 4.39 Å². The molecule has 1 saturated heterocycles. The second kappa shape index (κ2) is 9.12. The molecule has 1 aliphatic carbocycles. The Morgan fingerprint density at radius 2 is 2.17 bits per heavy atom. The lowest BCUT2D eigenvalue weighted by Crippen LogP contribution is -2.51. The summed E-state index contributed by atoms with van der Waals surface area (Å²) >= 11 is 0. The van der Waals surface area contributed by atoms with E-state index < -0.39 is 5.82 Å². The average Bonchev–Trinajstić information content (AvgIpc) is 3.44. The van der Waals surface area contributed by atoms with Crippen molar-refractivity contribution in [1.29, 1.82) is 0 Å². The molecule has 2 N–H and O–H groups in total. The number of halogens is 1. The summed E-state index contributed by atoms with van der Waals surface area (Å²) in [6, 6.07) is 3.02. The molecule has 0 radical (unpaired) electrons. The highest BCUT2D eigenvalue weighted by Crippen LogP contribution is 2.50. The molecule has 0 aromatic carbocycles. The number of carbonyl (C=O) groups is 2. The normalized spacial score (nSPS) is 22.4. The first-order valence-corrected chi connectivity index (χ1v) is 11.7. The maximum absolute atomic E-state index is 14.3. The molecule has 1 saturated carbocycles. The molecule has 11 heteroatoms. The number of nitrogens with zero attached hydrogens (tertiary/aromatic N) is 5. The van der Waals surface area contributed by atoms with E-state index in [2.05, 4.69) is 25.5 Å². The molecule has 2 aromatic heterocycles. The Morgan fingerprint density at radius 1 is 1.34 bits per heavy atom. The van der Waals surface area contributed by atoms with Gasteiger partial charge in [-0.25, -0.2) is 9.37 Å². The van der Waals surface area contributed by atoms with E-state index in [-0.39, 0.29) is 46.5 Å². The van der Waals surface area contributed by atoms with Crippen molar-refractivity contribution in [2.45, 2.75) is 37.3 Å². The number of aromatic nitrogens is 3. The SMILES string of the molecule is COc1cc(-c2cc(C(=O)N3CC[C@H](C(=O)NCC4C=NC=CN4C)CC34CC4)[nH]n2)c(F)cn1. The van der Waals surface area contributed by atoms with Crippen LogP contribution in [-0.4, -0.2) is 81.8 Å². The van der Waals surface area contributed by atoms with Gasteiger partial charge in [0, 0.05) is 61.8 Å². The number of aromatic amines is 1. The Balaban J connectivity index is 1.23. The first-order chi connectivity index (χ1) is 16.9. The summed E-state index contributed by atoms with van der Waals surface area (Å²) in [7, 11) is 3.39. The van der Waals surface area contributed by atoms with Gasteiger partial charge in [-0.2, -0.15) is 5.10 Å². The molecule has 3 aliphatic rings. The van der Waals surface area contributed by atoms with E-state index >= 15 is 0 Å². The van der Waals surface area contributed by atoms with Crippen molar-refractivity contribution in [1.82, 2.24) is 30.3 Å². The van der Waals surface area contributed by atoms with Crippen LogP contribution in [-0.2, 0) is 4.79 Å². The van der Waals surface area contributed by atoms with E-state index in [1.54, 1.807) is 12.3 Å². The first-order valence-electron chi connectivity index (χ1n) is 11.7. The molecule has 2 aliphatic heterocycles. The molecule has 2 amide bonds. The van der Waals surface area contributed by atoms with Gasteiger partial charge in [0.1, 0.15) is 5.69 Å². The van der Waals surface area contributed by atoms with Gasteiger partial charge in [-0.15, -0.1) is 0 Å². The molecule has 35 heavy (non-hydrogen) atoms. The number of hydrogen-bond acceptors (Lipinski definition) is 7. The lowest BCUT2D eigenvalue weighted by atomic mass is 9.88. The molecular weight excluding hydrogens is 453 g/mol. The minimum absolute atomic E-state index is 0.0191. The molecule has 10 nitrogen and oxygen atoms in total. The van der Waals surface area contributed by atoms with Crippen molar-refractivity contribution in [3.8, 4) is 17.1 Å². The van der Waals surface area contributed by atoms with Gasteiger partial charge < -0.3 is 19.9 Å². The highest BCUT2D eigenvalue weighted by atomic mass is 19.1. The third kappa shape index (κ3) is 4.50. The van der Waals surface area contributed by atoms with Crippen molar-refractivity contribution in [3.05, 3.63) is 42.2 Å². The Hall–Kier alpha value is -3.76. The zero-order valence-electron chi connectivity index (χ0n) is 19.7. The Bertz CT molecular complexity index is 1190. The molecule has 2 atom stereocenters. The molecule has 5 rings (SSSR count). The predicted molar refractivity (Wildman–Crippen MR) is 126 cm³/mol. The van der Waals surface area contributed by atoms with Crippen molar-refractivity contribution < 1.29 is 18.7 Å². The summed E-state index contributed by atoms with van der Waals surface area (Å²) in [6.07, 6.45) is 9.42. The fraction of sp³-hybridized carbons (Fsp3) is 0.458. The van der Waals surface area contributed by atoms with Crippen LogP contribution in [0.5, 0.6) is 5.88 Å². The smallest absolute Gasteiger partial charge is 0.272 e. The second-order valence-electron chi connectivity index (χ2n) is 9.32. The molecule has 0 bridgehead atoms. The second-order valence-corrected chi connectivity index (χ2v) is 9.32. The first kappa shape index (κ1) is 23.0. The van der Waals surface area contributed by atoms with Crippen LogP contribution in [0.1, 0.15) is 36.2 Å².